The van der Waals surface area contributed by atoms with Crippen LogP contribution in [-0.4, -0.2) is 23.8 Å². The summed E-state index contributed by atoms with van der Waals surface area (Å²) in [6.45, 7) is 7.59. The molecule has 0 saturated carbocycles. The molecule has 0 rings (SSSR count). The number of esters is 1. The Bertz CT molecular complexity index is 246. The molecule has 0 bridgehead atoms. The maximum absolute atomic E-state index is 11.3. The predicted octanol–water partition coefficient (Wildman–Crippen LogP) is 2.20. The number of rotatable bonds is 5. The molecule has 1 atom stereocenters. The Morgan fingerprint density at radius 2 is 2.21 bits per heavy atom. The van der Waals surface area contributed by atoms with Gasteiger partial charge in [-0.2, -0.15) is 0 Å². The van der Waals surface area contributed by atoms with Gasteiger partial charge in [0.1, 0.15) is 6.10 Å². The normalized spacial score (nSPS) is 13.6. The number of aliphatic hydroxyl groups excluding tert-OH is 1. The number of hydrogen-bond donors (Lipinski definition) is 1. The Labute approximate surface area is 98.0 Å². The summed E-state index contributed by atoms with van der Waals surface area (Å²) >= 11 is 1.91. The van der Waals surface area contributed by atoms with Gasteiger partial charge in [0.25, 0.3) is 0 Å². The van der Waals surface area contributed by atoms with Crippen LogP contribution >= 0.6 is 22.6 Å². The summed E-state index contributed by atoms with van der Waals surface area (Å²) in [6, 6.07) is 0. The molecule has 0 aromatic heterocycles. The maximum Gasteiger partial charge on any atom is 0.337 e. The van der Waals surface area contributed by atoms with Crippen LogP contribution in [0.5, 0.6) is 0 Å². The lowest BCUT2D eigenvalue weighted by Gasteiger charge is -2.14. The van der Waals surface area contributed by atoms with Crippen LogP contribution in [0.3, 0.4) is 0 Å². The van der Waals surface area contributed by atoms with Gasteiger partial charge in [0.2, 0.25) is 0 Å². The van der Waals surface area contributed by atoms with Crippen LogP contribution in [-0.2, 0) is 9.53 Å². The fraction of sp³-hybridized carbons (Fsp3) is 0.500. The molecule has 14 heavy (non-hydrogen) atoms. The predicted molar refractivity (Wildman–Crippen MR) is 64.2 cm³/mol. The van der Waals surface area contributed by atoms with Crippen LogP contribution in [0.15, 0.2) is 21.8 Å². The van der Waals surface area contributed by atoms with Crippen LogP contribution in [0.25, 0.3) is 0 Å². The minimum Gasteiger partial charge on any atom is -0.463 e. The molecular formula is C10H15IO3. The third-order valence-corrected chi connectivity index (χ3v) is 2.44. The van der Waals surface area contributed by atoms with Gasteiger partial charge < -0.3 is 9.84 Å². The lowest BCUT2D eigenvalue weighted by Crippen LogP contribution is -2.21. The molecular weight excluding hydrogens is 295 g/mol. The highest BCUT2D eigenvalue weighted by atomic mass is 127. The SMILES string of the molecule is C=C(CC)[C@@H](O)/C(=C/I)C(=O)OCC. The van der Waals surface area contributed by atoms with Gasteiger partial charge in [0.05, 0.1) is 12.2 Å². The molecule has 0 aliphatic rings. The summed E-state index contributed by atoms with van der Waals surface area (Å²) in [5.41, 5.74) is 0.861. The van der Waals surface area contributed by atoms with Gasteiger partial charge in [-0.15, -0.1) is 0 Å². The van der Waals surface area contributed by atoms with Crippen molar-refractivity contribution >= 4 is 28.6 Å². The third kappa shape index (κ3) is 3.79. The average molecular weight is 310 g/mol. The Hall–Kier alpha value is -0.360. The summed E-state index contributed by atoms with van der Waals surface area (Å²) in [5.74, 6) is -0.482. The smallest absolute Gasteiger partial charge is 0.337 e. The Kier molecular flexibility index (Phi) is 6.82. The minimum absolute atomic E-state index is 0.249. The molecule has 0 fully saturated rings. The first kappa shape index (κ1) is 13.6. The third-order valence-electron chi connectivity index (χ3n) is 1.76. The van der Waals surface area contributed by atoms with E-state index in [0.29, 0.717) is 18.6 Å². The molecule has 4 heteroatoms. The van der Waals surface area contributed by atoms with Gasteiger partial charge in [-0.25, -0.2) is 4.79 Å². The van der Waals surface area contributed by atoms with Crippen LogP contribution in [0.2, 0.25) is 0 Å². The van der Waals surface area contributed by atoms with E-state index in [0.717, 1.165) is 0 Å². The summed E-state index contributed by atoms with van der Waals surface area (Å²) in [6.07, 6.45) is -0.287. The number of hydrogen-bond acceptors (Lipinski definition) is 3. The van der Waals surface area contributed by atoms with Crippen molar-refractivity contribution in [2.45, 2.75) is 26.4 Å². The first-order valence-corrected chi connectivity index (χ1v) is 5.66. The Morgan fingerprint density at radius 3 is 2.57 bits per heavy atom. The van der Waals surface area contributed by atoms with E-state index in [1.54, 1.807) is 6.92 Å². The van der Waals surface area contributed by atoms with Gasteiger partial charge in [0, 0.05) is 0 Å². The molecule has 0 aromatic rings. The molecule has 0 radical (unpaired) electrons. The monoisotopic (exact) mass is 310 g/mol. The molecule has 0 spiro atoms. The molecule has 80 valence electrons. The molecule has 0 unspecified atom stereocenters. The van der Waals surface area contributed by atoms with Crippen molar-refractivity contribution in [3.8, 4) is 0 Å². The highest BCUT2D eigenvalue weighted by Gasteiger charge is 2.20. The van der Waals surface area contributed by atoms with Crippen LogP contribution in [0, 0.1) is 0 Å². The molecule has 3 nitrogen and oxygen atoms in total. The van der Waals surface area contributed by atoms with Gasteiger partial charge in [-0.3, -0.25) is 0 Å². The van der Waals surface area contributed by atoms with Crippen LogP contribution in [0.1, 0.15) is 20.3 Å². The lowest BCUT2D eigenvalue weighted by molar-refractivity contribution is -0.139. The molecule has 0 aliphatic carbocycles. The summed E-state index contributed by atoms with van der Waals surface area (Å²) < 4.78 is 6.33. The summed E-state index contributed by atoms with van der Waals surface area (Å²) in [4.78, 5) is 11.3. The topological polar surface area (TPSA) is 46.5 Å². The first-order valence-electron chi connectivity index (χ1n) is 4.41. The van der Waals surface area contributed by atoms with E-state index in [1.807, 2.05) is 29.5 Å². The quantitative estimate of drug-likeness (QED) is 0.366. The van der Waals surface area contributed by atoms with Gasteiger partial charge in [-0.05, 0) is 23.0 Å². The van der Waals surface area contributed by atoms with Crippen molar-refractivity contribution in [1.29, 1.82) is 0 Å². The largest absolute Gasteiger partial charge is 0.463 e. The maximum atomic E-state index is 11.3. The van der Waals surface area contributed by atoms with E-state index in [2.05, 4.69) is 6.58 Å². The second-order valence-corrected chi connectivity index (χ2v) is 3.32. The van der Waals surface area contributed by atoms with Crippen molar-refractivity contribution in [3.05, 3.63) is 21.8 Å². The first-order chi connectivity index (χ1) is 6.58. The van der Waals surface area contributed by atoms with Crippen molar-refractivity contribution in [1.82, 2.24) is 0 Å². The summed E-state index contributed by atoms with van der Waals surface area (Å²) in [5, 5.41) is 9.70. The highest BCUT2D eigenvalue weighted by molar-refractivity contribution is 14.1. The van der Waals surface area contributed by atoms with E-state index >= 15 is 0 Å². The van der Waals surface area contributed by atoms with Gasteiger partial charge in [-0.1, -0.05) is 36.1 Å². The lowest BCUT2D eigenvalue weighted by atomic mass is 10.0. The number of halogens is 1. The van der Waals surface area contributed by atoms with E-state index in [9.17, 15) is 9.90 Å². The zero-order valence-electron chi connectivity index (χ0n) is 8.42. The number of ether oxygens (including phenoxy) is 1. The minimum atomic E-state index is -0.920. The number of aliphatic hydroxyl groups is 1. The zero-order chi connectivity index (χ0) is 11.1. The number of carbonyl (C=O) groups excluding carboxylic acids is 1. The van der Waals surface area contributed by atoms with E-state index < -0.39 is 12.1 Å². The fourth-order valence-electron chi connectivity index (χ4n) is 0.844. The standard InChI is InChI=1S/C10H15IO3/c1-4-7(3)9(12)8(6-11)10(13)14-5-2/h6,9,12H,3-5H2,1-2H3/b8-6-/t9-/m1/s1. The molecule has 0 aromatic carbocycles. The molecule has 0 aliphatic heterocycles. The Morgan fingerprint density at radius 1 is 1.64 bits per heavy atom. The average Bonchev–Trinajstić information content (AvgIpc) is 2.18. The molecule has 0 amide bonds. The fourth-order valence-corrected chi connectivity index (χ4v) is 1.44. The zero-order valence-corrected chi connectivity index (χ0v) is 10.6. The Balaban J connectivity index is 4.58. The van der Waals surface area contributed by atoms with E-state index in [1.165, 1.54) is 4.08 Å². The van der Waals surface area contributed by atoms with Gasteiger partial charge in [0.15, 0.2) is 0 Å². The molecule has 0 saturated heterocycles. The summed E-state index contributed by atoms with van der Waals surface area (Å²) in [7, 11) is 0. The van der Waals surface area contributed by atoms with Crippen molar-refractivity contribution < 1.29 is 14.6 Å². The number of carbonyl (C=O) groups is 1. The van der Waals surface area contributed by atoms with Crippen LogP contribution in [0.4, 0.5) is 0 Å². The van der Waals surface area contributed by atoms with Gasteiger partial charge >= 0.3 is 5.97 Å². The highest BCUT2D eigenvalue weighted by Crippen LogP contribution is 2.16. The van der Waals surface area contributed by atoms with E-state index in [4.69, 9.17) is 4.74 Å². The second kappa shape index (κ2) is 7.00. The van der Waals surface area contributed by atoms with Crippen molar-refractivity contribution in [2.24, 2.45) is 0 Å². The van der Waals surface area contributed by atoms with Crippen molar-refractivity contribution in [3.63, 3.8) is 0 Å². The van der Waals surface area contributed by atoms with Crippen LogP contribution < -0.4 is 0 Å². The second-order valence-electron chi connectivity index (χ2n) is 2.70. The van der Waals surface area contributed by atoms with E-state index in [-0.39, 0.29) is 5.57 Å². The van der Waals surface area contributed by atoms with Crippen molar-refractivity contribution in [2.75, 3.05) is 6.61 Å². The molecule has 0 heterocycles. The molecule has 1 N–H and O–H groups in total.